The molecule has 210 valence electrons. The van der Waals surface area contributed by atoms with Crippen molar-refractivity contribution in [2.75, 3.05) is 31.5 Å². The molecule has 4 heterocycles. The number of piperidine rings is 1. The molecule has 1 aromatic carbocycles. The molecule has 5 rings (SSSR count). The van der Waals surface area contributed by atoms with Crippen molar-refractivity contribution in [2.45, 2.75) is 51.7 Å². The Morgan fingerprint density at radius 2 is 2.05 bits per heavy atom. The minimum absolute atomic E-state index is 0.0646. The molecule has 0 radical (unpaired) electrons. The van der Waals surface area contributed by atoms with Crippen molar-refractivity contribution in [2.24, 2.45) is 5.16 Å². The van der Waals surface area contributed by atoms with Gasteiger partial charge in [-0.05, 0) is 66.0 Å². The number of nitrogens with zero attached hydrogens (tertiary/aromatic N) is 3. The number of carbonyl (C=O) groups is 2. The number of halogens is 1. The van der Waals surface area contributed by atoms with Crippen LogP contribution in [0.25, 0.3) is 0 Å². The van der Waals surface area contributed by atoms with E-state index in [1.165, 1.54) is 0 Å². The minimum atomic E-state index is -0.461. The Morgan fingerprint density at radius 3 is 2.83 bits per heavy atom. The predicted octanol–water partition coefficient (Wildman–Crippen LogP) is 4.25. The van der Waals surface area contributed by atoms with Crippen molar-refractivity contribution < 1.29 is 14.4 Å². The van der Waals surface area contributed by atoms with Crippen LogP contribution in [0.4, 0.5) is 5.82 Å². The number of allylic oxidation sites excluding steroid dienone is 1. The number of likely N-dealkylation sites (tertiary alicyclic amines) is 1. The molecule has 0 saturated carbocycles. The summed E-state index contributed by atoms with van der Waals surface area (Å²) in [5, 5.41) is 13.6. The Hall–Kier alpha value is -3.50. The number of fused-ring (bicyclic) bond motifs is 1. The van der Waals surface area contributed by atoms with E-state index in [1.807, 2.05) is 56.3 Å². The first kappa shape index (κ1) is 28.0. The minimum Gasteiger partial charge on any atom is -0.391 e. The standard InChI is InChI=1S/C30H35BrN6O3/c1-19-26(16-25-24-15-22(31)17-33-28(24)35-29(25)38)34-20(2)27(19)30(39)32-11-6-12-37-13-9-23(10-14-37)36-40-18-21-7-4-3-5-8-21/h3-5,7-8,15-17,20,25,34H,6,9-14,18H2,1-2H3,(H,32,39)(H,33,35,38)/b26-16-. The lowest BCUT2D eigenvalue weighted by Crippen LogP contribution is -2.37. The Balaban J connectivity index is 1.07. The van der Waals surface area contributed by atoms with Crippen LogP contribution in [0.1, 0.15) is 50.2 Å². The fraction of sp³-hybridized carbons (Fsp3) is 0.400. The second-order valence-electron chi connectivity index (χ2n) is 10.4. The molecule has 3 N–H and O–H groups in total. The summed E-state index contributed by atoms with van der Waals surface area (Å²) in [6, 6.07) is 11.8. The molecular formula is C30H35BrN6O3. The Labute approximate surface area is 243 Å². The number of anilines is 1. The Bertz CT molecular complexity index is 1350. The molecule has 10 heteroatoms. The quantitative estimate of drug-likeness (QED) is 0.291. The number of amides is 2. The molecule has 3 aliphatic heterocycles. The molecular weight excluding hydrogens is 572 g/mol. The van der Waals surface area contributed by atoms with Crippen LogP contribution < -0.4 is 16.0 Å². The lowest BCUT2D eigenvalue weighted by atomic mass is 9.99. The smallest absolute Gasteiger partial charge is 0.249 e. The highest BCUT2D eigenvalue weighted by Crippen LogP contribution is 2.36. The molecule has 1 saturated heterocycles. The van der Waals surface area contributed by atoms with E-state index >= 15 is 0 Å². The van der Waals surface area contributed by atoms with Gasteiger partial charge in [0.25, 0.3) is 0 Å². The van der Waals surface area contributed by atoms with E-state index in [0.29, 0.717) is 24.5 Å². The first-order valence-corrected chi connectivity index (χ1v) is 14.6. The number of hydrogen-bond donors (Lipinski definition) is 3. The molecule has 40 heavy (non-hydrogen) atoms. The third-order valence-corrected chi connectivity index (χ3v) is 8.01. The highest BCUT2D eigenvalue weighted by molar-refractivity contribution is 9.10. The van der Waals surface area contributed by atoms with E-state index in [4.69, 9.17) is 4.84 Å². The van der Waals surface area contributed by atoms with Crippen LogP contribution in [0.2, 0.25) is 0 Å². The monoisotopic (exact) mass is 606 g/mol. The van der Waals surface area contributed by atoms with Crippen LogP contribution in [0.3, 0.4) is 0 Å². The van der Waals surface area contributed by atoms with Gasteiger partial charge in [0.1, 0.15) is 12.4 Å². The molecule has 0 spiro atoms. The average Bonchev–Trinajstić information content (AvgIpc) is 3.41. The predicted molar refractivity (Wildman–Crippen MR) is 159 cm³/mol. The van der Waals surface area contributed by atoms with Gasteiger partial charge >= 0.3 is 0 Å². The molecule has 0 bridgehead atoms. The van der Waals surface area contributed by atoms with Crippen molar-refractivity contribution >= 4 is 39.3 Å². The van der Waals surface area contributed by atoms with Gasteiger partial charge in [-0.1, -0.05) is 35.5 Å². The van der Waals surface area contributed by atoms with Crippen LogP contribution >= 0.6 is 15.9 Å². The summed E-state index contributed by atoms with van der Waals surface area (Å²) in [7, 11) is 0. The van der Waals surface area contributed by atoms with Crippen molar-refractivity contribution in [3.05, 3.63) is 81.1 Å². The van der Waals surface area contributed by atoms with Crippen molar-refractivity contribution in [1.82, 2.24) is 20.5 Å². The molecule has 1 fully saturated rings. The summed E-state index contributed by atoms with van der Waals surface area (Å²) in [6.45, 7) is 7.83. The van der Waals surface area contributed by atoms with Gasteiger partial charge in [0.2, 0.25) is 11.8 Å². The van der Waals surface area contributed by atoms with Gasteiger partial charge in [-0.2, -0.15) is 0 Å². The fourth-order valence-electron chi connectivity index (χ4n) is 5.39. The normalized spacial score (nSPS) is 21.7. The highest BCUT2D eigenvalue weighted by atomic mass is 79.9. The summed E-state index contributed by atoms with van der Waals surface area (Å²) in [5.74, 6) is -0.0684. The van der Waals surface area contributed by atoms with E-state index in [1.54, 1.807) is 6.20 Å². The number of oxime groups is 1. The third kappa shape index (κ3) is 6.62. The molecule has 3 aliphatic rings. The second kappa shape index (κ2) is 12.8. The van der Waals surface area contributed by atoms with Crippen LogP contribution in [0.5, 0.6) is 0 Å². The first-order chi connectivity index (χ1) is 19.4. The van der Waals surface area contributed by atoms with Gasteiger partial charge in [0.15, 0.2) is 0 Å². The zero-order valence-corrected chi connectivity index (χ0v) is 24.5. The SMILES string of the molecule is CC1=C(C(=O)NCCCN2CCC(=NOCc3ccccc3)CC2)C(C)N/C1=C\C1C(=O)Nc2ncc(Br)cc21. The van der Waals surface area contributed by atoms with E-state index < -0.39 is 5.92 Å². The number of carbonyl (C=O) groups excluding carboxylic acids is 2. The van der Waals surface area contributed by atoms with Gasteiger partial charge < -0.3 is 25.7 Å². The summed E-state index contributed by atoms with van der Waals surface area (Å²) in [4.78, 5) is 37.9. The summed E-state index contributed by atoms with van der Waals surface area (Å²) in [6.07, 6.45) is 6.24. The molecule has 9 nitrogen and oxygen atoms in total. The van der Waals surface area contributed by atoms with Gasteiger partial charge in [-0.3, -0.25) is 9.59 Å². The van der Waals surface area contributed by atoms with E-state index in [2.05, 4.69) is 46.9 Å². The Kier molecular flexibility index (Phi) is 8.96. The summed E-state index contributed by atoms with van der Waals surface area (Å²) >= 11 is 3.44. The van der Waals surface area contributed by atoms with Crippen LogP contribution in [0.15, 0.2) is 75.1 Å². The number of rotatable bonds is 9. The number of hydrogen-bond acceptors (Lipinski definition) is 7. The van der Waals surface area contributed by atoms with Crippen LogP contribution in [0, 0.1) is 0 Å². The third-order valence-electron chi connectivity index (χ3n) is 7.57. The first-order valence-electron chi connectivity index (χ1n) is 13.8. The molecule has 2 aromatic rings. The number of pyridine rings is 1. The zero-order chi connectivity index (χ0) is 28.1. The molecule has 2 atom stereocenters. The molecule has 2 amide bonds. The van der Waals surface area contributed by atoms with Gasteiger partial charge in [0, 0.05) is 60.0 Å². The van der Waals surface area contributed by atoms with Crippen molar-refractivity contribution in [3.63, 3.8) is 0 Å². The highest BCUT2D eigenvalue weighted by Gasteiger charge is 2.34. The summed E-state index contributed by atoms with van der Waals surface area (Å²) < 4.78 is 0.817. The van der Waals surface area contributed by atoms with Gasteiger partial charge in [0.05, 0.1) is 17.7 Å². The lowest BCUT2D eigenvalue weighted by molar-refractivity contribution is -0.118. The van der Waals surface area contributed by atoms with Crippen molar-refractivity contribution in [1.29, 1.82) is 0 Å². The van der Waals surface area contributed by atoms with Gasteiger partial charge in [-0.15, -0.1) is 0 Å². The fourth-order valence-corrected chi connectivity index (χ4v) is 5.74. The zero-order valence-electron chi connectivity index (χ0n) is 22.9. The van der Waals surface area contributed by atoms with Gasteiger partial charge in [-0.25, -0.2) is 4.98 Å². The maximum Gasteiger partial charge on any atom is 0.249 e. The number of aromatic nitrogens is 1. The molecule has 0 aliphatic carbocycles. The van der Waals surface area contributed by atoms with E-state index in [0.717, 1.165) is 71.5 Å². The van der Waals surface area contributed by atoms with E-state index in [9.17, 15) is 9.59 Å². The van der Waals surface area contributed by atoms with E-state index in [-0.39, 0.29) is 17.9 Å². The molecule has 1 aromatic heterocycles. The largest absolute Gasteiger partial charge is 0.391 e. The Morgan fingerprint density at radius 1 is 1.27 bits per heavy atom. The van der Waals surface area contributed by atoms with Crippen LogP contribution in [-0.4, -0.2) is 59.6 Å². The summed E-state index contributed by atoms with van der Waals surface area (Å²) in [5.41, 5.74) is 5.44. The number of benzene rings is 1. The maximum atomic E-state index is 13.1. The molecule has 2 unspecified atom stereocenters. The maximum absolute atomic E-state index is 13.1. The average molecular weight is 608 g/mol. The lowest BCUT2D eigenvalue weighted by Gasteiger charge is -2.27. The topological polar surface area (TPSA) is 108 Å². The second-order valence-corrected chi connectivity index (χ2v) is 11.3. The van der Waals surface area contributed by atoms with Crippen LogP contribution in [-0.2, 0) is 21.0 Å². The number of nitrogens with one attached hydrogen (secondary N) is 3. The van der Waals surface area contributed by atoms with Crippen molar-refractivity contribution in [3.8, 4) is 0 Å².